The summed E-state index contributed by atoms with van der Waals surface area (Å²) in [6, 6.07) is 7.73. The van der Waals surface area contributed by atoms with Crippen LogP contribution in [0.1, 0.15) is 39.4 Å². The molecule has 1 aromatic rings. The summed E-state index contributed by atoms with van der Waals surface area (Å²) in [5.41, 5.74) is 0.400. The minimum Gasteiger partial charge on any atom is -0.783 e. The molecule has 0 N–H and O–H groups in total. The molecule has 0 saturated carbocycles. The van der Waals surface area contributed by atoms with Crippen molar-refractivity contribution in [3.8, 4) is 0 Å². The van der Waals surface area contributed by atoms with Crippen molar-refractivity contribution in [1.29, 1.82) is 0 Å². The molecular weight excluding hydrogens is 266 g/mol. The van der Waals surface area contributed by atoms with Gasteiger partial charge in [-0.05, 0) is 45.4 Å². The molecule has 117 valence electrons. The van der Waals surface area contributed by atoms with Crippen LogP contribution >= 0.6 is 0 Å². The fourth-order valence-electron chi connectivity index (χ4n) is 2.61. The molecule has 0 spiro atoms. The monoisotopic (exact) mass is 292 g/mol. The van der Waals surface area contributed by atoms with E-state index in [9.17, 15) is 10.4 Å². The van der Waals surface area contributed by atoms with Crippen molar-refractivity contribution in [2.75, 3.05) is 21.1 Å². The molecule has 1 aliphatic heterocycles. The first-order chi connectivity index (χ1) is 9.40. The van der Waals surface area contributed by atoms with E-state index in [0.29, 0.717) is 4.48 Å². The van der Waals surface area contributed by atoms with Gasteiger partial charge < -0.3 is 10.3 Å². The molecular formula is C16H26N3O2. The van der Waals surface area contributed by atoms with E-state index in [4.69, 9.17) is 0 Å². The fraction of sp³-hybridized carbons (Fsp3) is 0.625. The van der Waals surface area contributed by atoms with Gasteiger partial charge in [-0.3, -0.25) is 4.48 Å². The van der Waals surface area contributed by atoms with Crippen molar-refractivity contribution in [1.82, 2.24) is 14.6 Å². The summed E-state index contributed by atoms with van der Waals surface area (Å²) in [5, 5.41) is 27.1. The normalized spacial score (nSPS) is 26.2. The molecule has 2 rings (SSSR count). The second kappa shape index (κ2) is 4.76. The molecule has 0 aliphatic carbocycles. The van der Waals surface area contributed by atoms with Gasteiger partial charge in [0.1, 0.15) is 11.9 Å². The van der Waals surface area contributed by atoms with E-state index < -0.39 is 17.2 Å². The van der Waals surface area contributed by atoms with Crippen molar-refractivity contribution >= 4 is 5.69 Å². The van der Waals surface area contributed by atoms with E-state index in [2.05, 4.69) is 21.1 Å². The van der Waals surface area contributed by atoms with Gasteiger partial charge in [-0.25, -0.2) is 0 Å². The highest BCUT2D eigenvalue weighted by molar-refractivity contribution is 5.43. The van der Waals surface area contributed by atoms with Gasteiger partial charge in [-0.2, -0.15) is 0 Å². The number of nitrogens with zero attached hydrogens (tertiary/aromatic N) is 3. The quantitative estimate of drug-likeness (QED) is 0.788. The first-order valence-corrected chi connectivity index (χ1v) is 7.25. The molecule has 1 aromatic carbocycles. The zero-order valence-electron chi connectivity index (χ0n) is 14.0. The van der Waals surface area contributed by atoms with Gasteiger partial charge in [0.25, 0.3) is 0 Å². The Bertz CT molecular complexity index is 497. The Morgan fingerprint density at radius 1 is 1.00 bits per heavy atom. The standard InChI is InChI=1S/C16H26N3O2/c1-15(2)16(3,4)18(21)14(17(15)20)12-8-10-13(11-9-12)19(5,6)7/h8-11,14H,1-7H3. The highest BCUT2D eigenvalue weighted by Gasteiger charge is 2.55. The van der Waals surface area contributed by atoms with Crippen molar-refractivity contribution in [2.45, 2.75) is 44.9 Å². The molecule has 1 fully saturated rings. The van der Waals surface area contributed by atoms with Crippen LogP contribution in [-0.4, -0.2) is 42.3 Å². The number of hydroxylamine groups is 4. The van der Waals surface area contributed by atoms with E-state index in [0.717, 1.165) is 21.4 Å². The Balaban J connectivity index is 2.39. The Morgan fingerprint density at radius 2 is 1.48 bits per heavy atom. The molecule has 0 atom stereocenters. The van der Waals surface area contributed by atoms with Crippen LogP contribution in [0, 0.1) is 5.21 Å². The van der Waals surface area contributed by atoms with E-state index in [1.807, 2.05) is 52.0 Å². The average molecular weight is 292 g/mol. The molecule has 0 amide bonds. The lowest BCUT2D eigenvalue weighted by Gasteiger charge is -2.44. The third-order valence-corrected chi connectivity index (χ3v) is 5.01. The topological polar surface area (TPSA) is 49.4 Å². The number of benzene rings is 1. The van der Waals surface area contributed by atoms with E-state index in [1.54, 1.807) is 0 Å². The van der Waals surface area contributed by atoms with Crippen LogP contribution in [-0.2, 0) is 5.21 Å². The molecule has 1 radical (unpaired) electrons. The van der Waals surface area contributed by atoms with Crippen molar-refractivity contribution in [2.24, 2.45) is 0 Å². The second-order valence-electron chi connectivity index (χ2n) is 7.75. The number of rotatable bonds is 2. The lowest BCUT2D eigenvalue weighted by atomic mass is 9.84. The Kier molecular flexibility index (Phi) is 3.72. The van der Waals surface area contributed by atoms with Gasteiger partial charge >= 0.3 is 0 Å². The SMILES string of the molecule is CC1(C)N([O])C(c2ccc([N+](C)(C)C)cc2)N([O-])C1(C)C. The summed E-state index contributed by atoms with van der Waals surface area (Å²) < 4.78 is 0.699. The van der Waals surface area contributed by atoms with E-state index in [-0.39, 0.29) is 0 Å². The maximum atomic E-state index is 12.6. The lowest BCUT2D eigenvalue weighted by Crippen LogP contribution is -2.51. The summed E-state index contributed by atoms with van der Waals surface area (Å²) in [6.45, 7) is 7.30. The maximum absolute atomic E-state index is 12.6. The Labute approximate surface area is 127 Å². The van der Waals surface area contributed by atoms with Crippen LogP contribution in [0.2, 0.25) is 0 Å². The first kappa shape index (κ1) is 16.4. The summed E-state index contributed by atoms with van der Waals surface area (Å²) in [6.07, 6.45) is -0.781. The molecule has 5 heteroatoms. The van der Waals surface area contributed by atoms with Crippen molar-refractivity contribution in [3.05, 3.63) is 35.0 Å². The highest BCUT2D eigenvalue weighted by Crippen LogP contribution is 2.48. The van der Waals surface area contributed by atoms with E-state index in [1.165, 1.54) is 0 Å². The third-order valence-electron chi connectivity index (χ3n) is 5.01. The molecule has 0 unspecified atom stereocenters. The van der Waals surface area contributed by atoms with Crippen LogP contribution in [0.3, 0.4) is 0 Å². The third kappa shape index (κ3) is 2.39. The lowest BCUT2D eigenvalue weighted by molar-refractivity contribution is -0.232. The molecule has 1 aliphatic rings. The summed E-state index contributed by atoms with van der Waals surface area (Å²) in [5.74, 6) is 0. The van der Waals surface area contributed by atoms with Crippen LogP contribution in [0.4, 0.5) is 5.69 Å². The first-order valence-electron chi connectivity index (χ1n) is 7.25. The molecule has 1 saturated heterocycles. The van der Waals surface area contributed by atoms with Gasteiger partial charge in [0.05, 0.1) is 26.7 Å². The average Bonchev–Trinajstić information content (AvgIpc) is 2.48. The van der Waals surface area contributed by atoms with Crippen molar-refractivity contribution < 1.29 is 5.21 Å². The zero-order valence-corrected chi connectivity index (χ0v) is 14.0. The van der Waals surface area contributed by atoms with Crippen LogP contribution in [0.15, 0.2) is 24.3 Å². The predicted molar refractivity (Wildman–Crippen MR) is 84.6 cm³/mol. The number of hydrogen-bond donors (Lipinski definition) is 0. The van der Waals surface area contributed by atoms with Crippen LogP contribution < -0.4 is 4.48 Å². The summed E-state index contributed by atoms with van der Waals surface area (Å²) >= 11 is 0. The molecule has 1 heterocycles. The summed E-state index contributed by atoms with van der Waals surface area (Å²) in [7, 11) is 6.24. The van der Waals surface area contributed by atoms with Crippen LogP contribution in [0.5, 0.6) is 0 Å². The second-order valence-corrected chi connectivity index (χ2v) is 7.75. The number of hydrogen-bond acceptors (Lipinski definition) is 3. The predicted octanol–water partition coefficient (Wildman–Crippen LogP) is 2.90. The largest absolute Gasteiger partial charge is 0.783 e. The van der Waals surface area contributed by atoms with Gasteiger partial charge in [-0.15, -0.1) is 10.3 Å². The van der Waals surface area contributed by atoms with Crippen molar-refractivity contribution in [3.63, 3.8) is 0 Å². The van der Waals surface area contributed by atoms with Gasteiger partial charge in [0.15, 0.2) is 0 Å². The fourth-order valence-corrected chi connectivity index (χ4v) is 2.61. The van der Waals surface area contributed by atoms with Gasteiger partial charge in [0.2, 0.25) is 0 Å². The number of quaternary nitrogens is 1. The zero-order chi connectivity index (χ0) is 16.2. The molecule has 5 nitrogen and oxygen atoms in total. The molecule has 21 heavy (non-hydrogen) atoms. The Morgan fingerprint density at radius 3 is 1.81 bits per heavy atom. The highest BCUT2D eigenvalue weighted by atomic mass is 16.6. The smallest absolute Gasteiger partial charge is 0.132 e. The molecule has 0 aromatic heterocycles. The van der Waals surface area contributed by atoms with E-state index >= 15 is 0 Å². The van der Waals surface area contributed by atoms with Crippen LogP contribution in [0.25, 0.3) is 0 Å². The minimum absolute atomic E-state index is 0.699. The molecule has 0 bridgehead atoms. The summed E-state index contributed by atoms with van der Waals surface area (Å²) in [4.78, 5) is 0. The minimum atomic E-state index is -0.781. The van der Waals surface area contributed by atoms with Gasteiger partial charge in [-0.1, -0.05) is 12.1 Å². The Hall–Kier alpha value is -0.980. The maximum Gasteiger partial charge on any atom is 0.132 e. The van der Waals surface area contributed by atoms with Gasteiger partial charge in [0, 0.05) is 5.54 Å².